The van der Waals surface area contributed by atoms with E-state index in [0.29, 0.717) is 6.04 Å². The lowest BCUT2D eigenvalue weighted by atomic mass is 10.1. The van der Waals surface area contributed by atoms with E-state index in [0.717, 1.165) is 28.8 Å². The Kier molecular flexibility index (Phi) is 4.95. The number of ether oxygens (including phenoxy) is 1. The highest BCUT2D eigenvalue weighted by molar-refractivity contribution is 9.10. The minimum absolute atomic E-state index is 0.508. The van der Waals surface area contributed by atoms with Crippen LogP contribution in [0.4, 0.5) is 5.69 Å². The Hall–Kier alpha value is -0.700. The molecule has 0 aliphatic heterocycles. The van der Waals surface area contributed by atoms with Crippen molar-refractivity contribution in [1.29, 1.82) is 0 Å². The molecule has 15 heavy (non-hydrogen) atoms. The predicted molar refractivity (Wildman–Crippen MR) is 68.7 cm³/mol. The van der Waals surface area contributed by atoms with Crippen molar-refractivity contribution in [2.75, 3.05) is 12.4 Å². The first-order chi connectivity index (χ1) is 7.21. The summed E-state index contributed by atoms with van der Waals surface area (Å²) in [6, 6.07) is 6.51. The molecule has 0 radical (unpaired) electrons. The summed E-state index contributed by atoms with van der Waals surface area (Å²) in [5, 5.41) is 3.48. The first kappa shape index (κ1) is 12.4. The molecule has 2 nitrogen and oxygen atoms in total. The van der Waals surface area contributed by atoms with E-state index in [1.165, 1.54) is 0 Å². The Bertz CT molecular complexity index is 310. The van der Waals surface area contributed by atoms with Crippen LogP contribution < -0.4 is 10.1 Å². The van der Waals surface area contributed by atoms with Gasteiger partial charge in [-0.1, -0.05) is 29.8 Å². The molecule has 3 heteroatoms. The highest BCUT2D eigenvalue weighted by atomic mass is 79.9. The molecule has 0 aromatic heterocycles. The maximum absolute atomic E-state index is 5.31. The zero-order valence-corrected chi connectivity index (χ0v) is 11.1. The number of anilines is 1. The third kappa shape index (κ3) is 3.42. The summed E-state index contributed by atoms with van der Waals surface area (Å²) in [5.41, 5.74) is 1.06. The van der Waals surface area contributed by atoms with Crippen LogP contribution in [0.25, 0.3) is 0 Å². The second-order valence-electron chi connectivity index (χ2n) is 3.50. The van der Waals surface area contributed by atoms with E-state index in [-0.39, 0.29) is 0 Å². The highest BCUT2D eigenvalue weighted by Gasteiger charge is 2.07. The monoisotopic (exact) mass is 271 g/mol. The topological polar surface area (TPSA) is 21.3 Å². The fourth-order valence-corrected chi connectivity index (χ4v) is 1.87. The largest absolute Gasteiger partial charge is 0.495 e. The molecule has 0 fully saturated rings. The molecule has 0 bridgehead atoms. The van der Waals surface area contributed by atoms with Gasteiger partial charge in [-0.05, 0) is 31.0 Å². The first-order valence-electron chi connectivity index (χ1n) is 5.31. The second kappa shape index (κ2) is 6.01. The van der Waals surface area contributed by atoms with Gasteiger partial charge in [0, 0.05) is 10.5 Å². The van der Waals surface area contributed by atoms with Gasteiger partial charge in [0.1, 0.15) is 5.75 Å². The smallest absolute Gasteiger partial charge is 0.142 e. The molecule has 1 aromatic carbocycles. The van der Waals surface area contributed by atoms with Gasteiger partial charge in [-0.25, -0.2) is 0 Å². The number of hydrogen-bond donors (Lipinski definition) is 1. The molecular formula is C12H18BrNO. The van der Waals surface area contributed by atoms with Crippen molar-refractivity contribution in [3.63, 3.8) is 0 Å². The number of benzene rings is 1. The molecule has 0 aliphatic rings. The minimum Gasteiger partial charge on any atom is -0.495 e. The van der Waals surface area contributed by atoms with Crippen molar-refractivity contribution in [2.24, 2.45) is 0 Å². The Morgan fingerprint density at radius 1 is 1.33 bits per heavy atom. The van der Waals surface area contributed by atoms with Crippen molar-refractivity contribution < 1.29 is 4.74 Å². The summed E-state index contributed by atoms with van der Waals surface area (Å²) in [4.78, 5) is 0. The van der Waals surface area contributed by atoms with Crippen molar-refractivity contribution in [2.45, 2.75) is 32.7 Å². The molecule has 0 saturated carbocycles. The number of nitrogens with one attached hydrogen (secondary N) is 1. The maximum atomic E-state index is 5.31. The molecule has 0 heterocycles. The van der Waals surface area contributed by atoms with Crippen molar-refractivity contribution in [1.82, 2.24) is 0 Å². The van der Waals surface area contributed by atoms with Crippen molar-refractivity contribution >= 4 is 21.6 Å². The fourth-order valence-electron chi connectivity index (χ4n) is 1.51. The lowest BCUT2D eigenvalue weighted by Crippen LogP contribution is -2.17. The molecule has 1 rings (SSSR count). The molecule has 0 spiro atoms. The SMILES string of the molecule is CCC(CC)Nc1cc(Br)ccc1OC. The summed E-state index contributed by atoms with van der Waals surface area (Å²) in [5.74, 6) is 0.894. The van der Waals surface area contributed by atoms with Crippen LogP contribution in [0.1, 0.15) is 26.7 Å². The standard InChI is InChI=1S/C12H18BrNO/c1-4-10(5-2)14-11-8-9(13)6-7-12(11)15-3/h6-8,10,14H,4-5H2,1-3H3. The normalized spacial score (nSPS) is 10.5. The average molecular weight is 272 g/mol. The summed E-state index contributed by atoms with van der Waals surface area (Å²) >= 11 is 3.46. The molecule has 0 aliphatic carbocycles. The highest BCUT2D eigenvalue weighted by Crippen LogP contribution is 2.29. The van der Waals surface area contributed by atoms with Crippen LogP contribution >= 0.6 is 15.9 Å². The zero-order chi connectivity index (χ0) is 11.3. The van der Waals surface area contributed by atoms with Crippen LogP contribution in [0, 0.1) is 0 Å². The number of methoxy groups -OCH3 is 1. The van der Waals surface area contributed by atoms with Crippen molar-refractivity contribution in [3.05, 3.63) is 22.7 Å². The Morgan fingerprint density at radius 2 is 2.00 bits per heavy atom. The Morgan fingerprint density at radius 3 is 2.53 bits per heavy atom. The zero-order valence-electron chi connectivity index (χ0n) is 9.51. The molecule has 0 atom stereocenters. The van der Waals surface area contributed by atoms with Crippen LogP contribution in [0.5, 0.6) is 5.75 Å². The van der Waals surface area contributed by atoms with Gasteiger partial charge in [-0.15, -0.1) is 0 Å². The van der Waals surface area contributed by atoms with E-state index in [2.05, 4.69) is 41.2 Å². The number of rotatable bonds is 5. The van der Waals surface area contributed by atoms with Crippen LogP contribution in [-0.2, 0) is 0 Å². The van der Waals surface area contributed by atoms with E-state index in [9.17, 15) is 0 Å². The third-order valence-electron chi connectivity index (χ3n) is 2.51. The average Bonchev–Trinajstić information content (AvgIpc) is 2.26. The van der Waals surface area contributed by atoms with Gasteiger partial charge in [0.2, 0.25) is 0 Å². The quantitative estimate of drug-likeness (QED) is 0.872. The molecule has 84 valence electrons. The Labute approximate surface area is 100 Å². The molecule has 0 unspecified atom stereocenters. The maximum Gasteiger partial charge on any atom is 0.142 e. The van der Waals surface area contributed by atoms with Gasteiger partial charge < -0.3 is 10.1 Å². The summed E-state index contributed by atoms with van der Waals surface area (Å²) in [7, 11) is 1.70. The first-order valence-corrected chi connectivity index (χ1v) is 6.10. The van der Waals surface area contributed by atoms with Crippen molar-refractivity contribution in [3.8, 4) is 5.75 Å². The molecular weight excluding hydrogens is 254 g/mol. The van der Waals surface area contributed by atoms with E-state index in [1.807, 2.05) is 12.1 Å². The fraction of sp³-hybridized carbons (Fsp3) is 0.500. The Balaban J connectivity index is 2.86. The van der Waals surface area contributed by atoms with Crippen LogP contribution in [0.3, 0.4) is 0 Å². The lowest BCUT2D eigenvalue weighted by molar-refractivity contribution is 0.415. The van der Waals surface area contributed by atoms with Gasteiger partial charge in [-0.2, -0.15) is 0 Å². The number of halogens is 1. The van der Waals surface area contributed by atoms with Gasteiger partial charge in [-0.3, -0.25) is 0 Å². The van der Waals surface area contributed by atoms with Gasteiger partial charge in [0.25, 0.3) is 0 Å². The molecule has 1 N–H and O–H groups in total. The predicted octanol–water partition coefficient (Wildman–Crippen LogP) is 4.06. The summed E-state index contributed by atoms with van der Waals surface area (Å²) in [6.45, 7) is 4.37. The molecule has 0 amide bonds. The van der Waals surface area contributed by atoms with Gasteiger partial charge in [0.15, 0.2) is 0 Å². The molecule has 0 saturated heterocycles. The third-order valence-corrected chi connectivity index (χ3v) is 3.00. The molecule has 1 aromatic rings. The van der Waals surface area contributed by atoms with Crippen LogP contribution in [0.15, 0.2) is 22.7 Å². The van der Waals surface area contributed by atoms with E-state index < -0.39 is 0 Å². The van der Waals surface area contributed by atoms with E-state index in [4.69, 9.17) is 4.74 Å². The lowest BCUT2D eigenvalue weighted by Gasteiger charge is -2.18. The van der Waals surface area contributed by atoms with Gasteiger partial charge in [0.05, 0.1) is 12.8 Å². The van der Waals surface area contributed by atoms with Gasteiger partial charge >= 0.3 is 0 Å². The minimum atomic E-state index is 0.508. The van der Waals surface area contributed by atoms with Crippen LogP contribution in [-0.4, -0.2) is 13.2 Å². The number of hydrogen-bond acceptors (Lipinski definition) is 2. The van der Waals surface area contributed by atoms with Crippen LogP contribution in [0.2, 0.25) is 0 Å². The summed E-state index contributed by atoms with van der Waals surface area (Å²) in [6.07, 6.45) is 2.23. The van der Waals surface area contributed by atoms with E-state index in [1.54, 1.807) is 7.11 Å². The summed E-state index contributed by atoms with van der Waals surface area (Å²) < 4.78 is 6.37. The second-order valence-corrected chi connectivity index (χ2v) is 4.42. The van der Waals surface area contributed by atoms with E-state index >= 15 is 0 Å².